The Morgan fingerprint density at radius 3 is 2.12 bits per heavy atom. The molecule has 0 bridgehead atoms. The molecule has 0 fully saturated rings. The van der Waals surface area contributed by atoms with Crippen molar-refractivity contribution in [2.24, 2.45) is 0 Å². The average Bonchev–Trinajstić information content (AvgIpc) is 2.11. The highest BCUT2D eigenvalue weighted by Crippen LogP contribution is 1.93. The van der Waals surface area contributed by atoms with Gasteiger partial charge in [-0.3, -0.25) is 0 Å². The van der Waals surface area contributed by atoms with Crippen LogP contribution in [0.15, 0.2) is 0 Å². The zero-order valence-corrected chi connectivity index (χ0v) is 10.6. The molecule has 1 unspecified atom stereocenters. The molecule has 0 saturated heterocycles. The zero-order chi connectivity index (χ0) is 13.6. The predicted octanol–water partition coefficient (Wildman–Crippen LogP) is -0.930. The van der Waals surface area contributed by atoms with Crippen molar-refractivity contribution in [1.82, 2.24) is 15.5 Å². The summed E-state index contributed by atoms with van der Waals surface area (Å²) in [5.41, 5.74) is 0. The maximum absolute atomic E-state index is 11.4. The standard InChI is InChI=1S/C10H21N3O4/c1-6(5-13(3)4)11-10(17)12-8(7(2)14)9(15)16/h6-8,14H,5H2,1-4H3,(H,15,16)(H2,11,12,17)/t6?,7-,8+/m1/s1. The third-order valence-corrected chi connectivity index (χ3v) is 2.05. The predicted molar refractivity (Wildman–Crippen MR) is 62.8 cm³/mol. The highest BCUT2D eigenvalue weighted by molar-refractivity contribution is 5.83. The summed E-state index contributed by atoms with van der Waals surface area (Å²) in [4.78, 5) is 24.1. The fourth-order valence-corrected chi connectivity index (χ4v) is 1.39. The Morgan fingerprint density at radius 1 is 1.24 bits per heavy atom. The number of hydrogen-bond acceptors (Lipinski definition) is 4. The van der Waals surface area contributed by atoms with E-state index in [1.54, 1.807) is 6.92 Å². The first-order chi connectivity index (χ1) is 7.73. The van der Waals surface area contributed by atoms with Gasteiger partial charge < -0.3 is 25.7 Å². The lowest BCUT2D eigenvalue weighted by Gasteiger charge is -2.21. The van der Waals surface area contributed by atoms with Crippen LogP contribution in [0, 0.1) is 0 Å². The second kappa shape index (κ2) is 7.08. The monoisotopic (exact) mass is 247 g/mol. The Kier molecular flexibility index (Phi) is 6.52. The maximum atomic E-state index is 11.4. The molecule has 0 saturated carbocycles. The molecule has 0 rings (SSSR count). The lowest BCUT2D eigenvalue weighted by atomic mass is 10.2. The van der Waals surface area contributed by atoms with Gasteiger partial charge in [0.05, 0.1) is 6.10 Å². The number of carboxylic acid groups (broad SMARTS) is 1. The van der Waals surface area contributed by atoms with E-state index in [-0.39, 0.29) is 6.04 Å². The molecule has 4 N–H and O–H groups in total. The Labute approximate surface area is 101 Å². The Hall–Kier alpha value is -1.34. The molecule has 0 radical (unpaired) electrons. The van der Waals surface area contributed by atoms with Gasteiger partial charge in [0.25, 0.3) is 0 Å². The third-order valence-electron chi connectivity index (χ3n) is 2.05. The van der Waals surface area contributed by atoms with Crippen LogP contribution >= 0.6 is 0 Å². The normalized spacial score (nSPS) is 16.1. The number of hydrogen-bond donors (Lipinski definition) is 4. The number of nitrogens with one attached hydrogen (secondary N) is 2. The number of aliphatic carboxylic acids is 1. The van der Waals surface area contributed by atoms with E-state index in [1.807, 2.05) is 19.0 Å². The lowest BCUT2D eigenvalue weighted by molar-refractivity contribution is -0.141. The number of amides is 2. The van der Waals surface area contributed by atoms with Crippen LogP contribution in [-0.4, -0.2) is 65.9 Å². The molecule has 17 heavy (non-hydrogen) atoms. The molecular weight excluding hydrogens is 226 g/mol. The number of carbonyl (C=O) groups is 2. The highest BCUT2D eigenvalue weighted by atomic mass is 16.4. The number of rotatable bonds is 6. The van der Waals surface area contributed by atoms with Crippen LogP contribution in [0.1, 0.15) is 13.8 Å². The fraction of sp³-hybridized carbons (Fsp3) is 0.800. The van der Waals surface area contributed by atoms with Crippen LogP contribution in [0.3, 0.4) is 0 Å². The molecule has 0 aromatic carbocycles. The van der Waals surface area contributed by atoms with E-state index in [1.165, 1.54) is 6.92 Å². The van der Waals surface area contributed by atoms with Gasteiger partial charge in [-0.25, -0.2) is 9.59 Å². The Morgan fingerprint density at radius 2 is 1.76 bits per heavy atom. The molecule has 0 spiro atoms. The molecule has 0 heterocycles. The summed E-state index contributed by atoms with van der Waals surface area (Å²) < 4.78 is 0. The van der Waals surface area contributed by atoms with Crippen molar-refractivity contribution in [2.75, 3.05) is 20.6 Å². The van der Waals surface area contributed by atoms with E-state index in [4.69, 9.17) is 5.11 Å². The average molecular weight is 247 g/mol. The molecule has 7 heteroatoms. The van der Waals surface area contributed by atoms with E-state index in [0.29, 0.717) is 6.54 Å². The number of aliphatic hydroxyl groups is 1. The Bertz CT molecular complexity index is 268. The summed E-state index contributed by atoms with van der Waals surface area (Å²) in [5.74, 6) is -1.27. The smallest absolute Gasteiger partial charge is 0.328 e. The summed E-state index contributed by atoms with van der Waals surface area (Å²) in [5, 5.41) is 22.7. The maximum Gasteiger partial charge on any atom is 0.328 e. The second-order valence-electron chi connectivity index (χ2n) is 4.34. The quantitative estimate of drug-likeness (QED) is 0.486. The number of nitrogens with zero attached hydrogens (tertiary/aromatic N) is 1. The molecule has 2 amide bonds. The van der Waals surface area contributed by atoms with Gasteiger partial charge in [-0.1, -0.05) is 0 Å². The van der Waals surface area contributed by atoms with Gasteiger partial charge in [-0.2, -0.15) is 0 Å². The van der Waals surface area contributed by atoms with E-state index in [9.17, 15) is 14.7 Å². The molecule has 0 aromatic heterocycles. The first kappa shape index (κ1) is 15.7. The van der Waals surface area contributed by atoms with Crippen LogP contribution in [0.25, 0.3) is 0 Å². The fourth-order valence-electron chi connectivity index (χ4n) is 1.39. The minimum atomic E-state index is -1.30. The number of urea groups is 1. The summed E-state index contributed by atoms with van der Waals surface area (Å²) in [7, 11) is 3.73. The molecule has 0 aliphatic rings. The van der Waals surface area contributed by atoms with E-state index >= 15 is 0 Å². The van der Waals surface area contributed by atoms with Crippen molar-refractivity contribution >= 4 is 12.0 Å². The number of carboxylic acids is 1. The van der Waals surface area contributed by atoms with Crippen LogP contribution in [0.5, 0.6) is 0 Å². The van der Waals surface area contributed by atoms with E-state index in [2.05, 4.69) is 10.6 Å². The molecule has 0 aromatic rings. The molecule has 100 valence electrons. The first-order valence-electron chi connectivity index (χ1n) is 5.36. The first-order valence-corrected chi connectivity index (χ1v) is 5.36. The second-order valence-corrected chi connectivity index (χ2v) is 4.34. The minimum Gasteiger partial charge on any atom is -0.480 e. The van der Waals surface area contributed by atoms with E-state index in [0.717, 1.165) is 0 Å². The lowest BCUT2D eigenvalue weighted by Crippen LogP contribution is -2.53. The topological polar surface area (TPSA) is 102 Å². The summed E-state index contributed by atoms with van der Waals surface area (Å²) in [6, 6.07) is -2.03. The van der Waals surface area contributed by atoms with Crippen molar-refractivity contribution in [3.05, 3.63) is 0 Å². The number of aliphatic hydroxyl groups excluding tert-OH is 1. The van der Waals surface area contributed by atoms with Gasteiger partial charge in [0.15, 0.2) is 6.04 Å². The van der Waals surface area contributed by atoms with Crippen molar-refractivity contribution < 1.29 is 19.8 Å². The van der Waals surface area contributed by atoms with Gasteiger partial charge >= 0.3 is 12.0 Å². The summed E-state index contributed by atoms with van der Waals surface area (Å²) >= 11 is 0. The van der Waals surface area contributed by atoms with Gasteiger partial charge in [0, 0.05) is 12.6 Å². The van der Waals surface area contributed by atoms with Gasteiger partial charge in [-0.15, -0.1) is 0 Å². The van der Waals surface area contributed by atoms with Crippen molar-refractivity contribution in [1.29, 1.82) is 0 Å². The van der Waals surface area contributed by atoms with Gasteiger partial charge in [0.2, 0.25) is 0 Å². The van der Waals surface area contributed by atoms with E-state index < -0.39 is 24.1 Å². The summed E-state index contributed by atoms with van der Waals surface area (Å²) in [6.07, 6.45) is -1.15. The van der Waals surface area contributed by atoms with Crippen molar-refractivity contribution in [3.63, 3.8) is 0 Å². The molecule has 0 aliphatic carbocycles. The summed E-state index contributed by atoms with van der Waals surface area (Å²) in [6.45, 7) is 3.75. The number of likely N-dealkylation sites (N-methyl/N-ethyl adjacent to an activating group) is 1. The SMILES string of the molecule is CC(CN(C)C)NC(=O)N[C@H](C(=O)O)[C@@H](C)O. The third kappa shape index (κ3) is 6.75. The van der Waals surface area contributed by atoms with Gasteiger partial charge in [-0.05, 0) is 27.9 Å². The molecule has 7 nitrogen and oxygen atoms in total. The zero-order valence-electron chi connectivity index (χ0n) is 10.6. The van der Waals surface area contributed by atoms with Crippen LogP contribution < -0.4 is 10.6 Å². The van der Waals surface area contributed by atoms with Crippen LogP contribution in [-0.2, 0) is 4.79 Å². The van der Waals surface area contributed by atoms with Crippen LogP contribution in [0.4, 0.5) is 4.79 Å². The highest BCUT2D eigenvalue weighted by Gasteiger charge is 2.25. The van der Waals surface area contributed by atoms with Crippen molar-refractivity contribution in [3.8, 4) is 0 Å². The van der Waals surface area contributed by atoms with Gasteiger partial charge in [0.1, 0.15) is 0 Å². The molecule has 3 atom stereocenters. The largest absolute Gasteiger partial charge is 0.480 e. The molecular formula is C10H21N3O4. The number of carbonyl (C=O) groups excluding carboxylic acids is 1. The van der Waals surface area contributed by atoms with Crippen LogP contribution in [0.2, 0.25) is 0 Å². The van der Waals surface area contributed by atoms with Crippen molar-refractivity contribution in [2.45, 2.75) is 32.0 Å². The Balaban J connectivity index is 4.19. The molecule has 0 aliphatic heterocycles. The minimum absolute atomic E-state index is 0.117.